The average Bonchev–Trinajstić information content (AvgIpc) is 0.825. The Morgan fingerprint density at radius 2 is 1.01 bits per heavy atom. The number of carboxylic acids is 4. The Morgan fingerprint density at radius 1 is 0.613 bits per heavy atom. The maximum atomic E-state index is 13.1. The van der Waals surface area contributed by atoms with Crippen LogP contribution in [0.15, 0.2) is 153 Å². The molecule has 4 aromatic carbocycles. The van der Waals surface area contributed by atoms with Gasteiger partial charge in [0.2, 0.25) is 23.0 Å². The third kappa shape index (κ3) is 20.2. The Labute approximate surface area is 639 Å². The van der Waals surface area contributed by atoms with Crippen molar-refractivity contribution in [2.75, 3.05) is 23.0 Å². The summed E-state index contributed by atoms with van der Waals surface area (Å²) in [5.41, 5.74) is 13.9. The zero-order chi connectivity index (χ0) is 76.9. The lowest BCUT2D eigenvalue weighted by Crippen LogP contribution is -3.00. The number of amides is 2. The first-order chi connectivity index (χ1) is 49.7. The van der Waals surface area contributed by atoms with E-state index < -0.39 is 81.0 Å². The number of fused-ring (bicyclic) bond motifs is 4. The number of aliphatic carboxylic acids is 4. The van der Waals surface area contributed by atoms with Crippen LogP contribution < -0.4 is 38.0 Å². The van der Waals surface area contributed by atoms with Crippen LogP contribution in [0.2, 0.25) is 0 Å². The van der Waals surface area contributed by atoms with E-state index in [4.69, 9.17) is 43.0 Å². The molecule has 2 saturated heterocycles. The van der Waals surface area contributed by atoms with Crippen LogP contribution in [0.3, 0.4) is 0 Å². The summed E-state index contributed by atoms with van der Waals surface area (Å²) in [5.74, 6) is -7.32. The van der Waals surface area contributed by atoms with Crippen LogP contribution in [0, 0.1) is 25.7 Å². The van der Waals surface area contributed by atoms with Gasteiger partial charge in [-0.15, -0.1) is 57.8 Å². The Hall–Kier alpha value is -10.2. The summed E-state index contributed by atoms with van der Waals surface area (Å²) in [6, 6.07) is 26.6. The van der Waals surface area contributed by atoms with E-state index in [0.717, 1.165) is 50.8 Å². The topological polar surface area (TPSA) is 444 Å². The van der Waals surface area contributed by atoms with E-state index in [-0.39, 0.29) is 97.3 Å². The first-order valence-corrected chi connectivity index (χ1v) is 36.7. The normalized spacial score (nSPS) is 16.8. The fourth-order valence-electron chi connectivity index (χ4n) is 10.5. The SMILES string of the molecule is CCC1=C(C(=O)O)N2C(=O)[C@@H](CC(=O)/C(=N\OC(C)(C)C(=O)O)c3csc(N)n3)[C@H]2SC1.CCC1=C(C(=O)O)N2C(=O)[C@@H](CC(=O)/C(=N\OC(C)(C)C(=O)O)c3csc(N)n3)[C@H]2SC1.Cc1ccc(CCl)cc1.Cc1ccc(C[n+]2ccc3cc(O)c(O)cc3c2)cc1.Oc1cc2cc[nH+]cc2cc1O.[Br-]. The maximum absolute atomic E-state index is 13.1. The molecule has 4 aliphatic rings. The second kappa shape index (κ2) is 36.2. The van der Waals surface area contributed by atoms with Crippen molar-refractivity contribution >= 4 is 148 Å². The Bertz CT molecular complexity index is 4570. The molecule has 106 heavy (non-hydrogen) atoms. The van der Waals surface area contributed by atoms with Gasteiger partial charge in [0.05, 0.1) is 22.6 Å². The van der Waals surface area contributed by atoms with E-state index >= 15 is 0 Å². The van der Waals surface area contributed by atoms with E-state index in [2.05, 4.69) is 80.1 Å². The number of anilines is 2. The fraction of sp³-hybridized carbons (Fsp3) is 0.306. The van der Waals surface area contributed by atoms with E-state index in [1.165, 1.54) is 106 Å². The summed E-state index contributed by atoms with van der Waals surface area (Å²) in [5, 5.41) is 88.3. The number of phenols is 4. The number of aromatic nitrogens is 4. The number of nitrogens with two attached hydrogens (primary N) is 2. The lowest BCUT2D eigenvalue weighted by molar-refractivity contribution is -0.687. The third-order valence-electron chi connectivity index (χ3n) is 16.7. The van der Waals surface area contributed by atoms with Gasteiger partial charge in [-0.05, 0) is 106 Å². The molecule has 0 radical (unpaired) electrons. The molecule has 0 saturated carbocycles. The predicted octanol–water partition coefficient (Wildman–Crippen LogP) is 6.79. The number of thiazole rings is 2. The van der Waals surface area contributed by atoms with Crippen molar-refractivity contribution in [1.82, 2.24) is 19.8 Å². The predicted molar refractivity (Wildman–Crippen MR) is 396 cm³/mol. The largest absolute Gasteiger partial charge is 1.00 e. The summed E-state index contributed by atoms with van der Waals surface area (Å²) < 4.78 is 2.06. The highest BCUT2D eigenvalue weighted by molar-refractivity contribution is 8.00. The van der Waals surface area contributed by atoms with Crippen molar-refractivity contribution in [1.29, 1.82) is 0 Å². The van der Waals surface area contributed by atoms with Crippen molar-refractivity contribution < 1.29 is 115 Å². The summed E-state index contributed by atoms with van der Waals surface area (Å²) in [7, 11) is 0. The minimum atomic E-state index is -1.70. The van der Waals surface area contributed by atoms with Gasteiger partial charge in [-0.2, -0.15) is 0 Å². The van der Waals surface area contributed by atoms with Crippen LogP contribution in [0.25, 0.3) is 21.5 Å². The number of Topliss-reactive ketones (excluding diaryl/α,β-unsaturated/α-hetero) is 2. The van der Waals surface area contributed by atoms with Crippen molar-refractivity contribution in [2.45, 2.75) is 115 Å². The molecule has 0 spiro atoms. The second-order valence-electron chi connectivity index (χ2n) is 25.2. The smallest absolute Gasteiger partial charge is 0.352 e. The number of H-pyrrole nitrogens is 1. The van der Waals surface area contributed by atoms with Crippen LogP contribution in [0.4, 0.5) is 10.3 Å². The number of β-lactam (4-membered cyclic amide) rings is 2. The first-order valence-electron chi connectivity index (χ1n) is 32.3. The number of carbonyl (C=O) groups is 8. The molecule has 4 atom stereocenters. The highest BCUT2D eigenvalue weighted by Crippen LogP contribution is 2.47. The molecule has 28 nitrogen and oxygen atoms in total. The number of nitrogen functional groups attached to an aromatic ring is 2. The Morgan fingerprint density at radius 3 is 1.39 bits per heavy atom. The van der Waals surface area contributed by atoms with Crippen LogP contribution in [-0.4, -0.2) is 153 Å². The van der Waals surface area contributed by atoms with Crippen LogP contribution in [0.1, 0.15) is 101 Å². The van der Waals surface area contributed by atoms with Gasteiger partial charge in [0.15, 0.2) is 87.6 Å². The lowest BCUT2D eigenvalue weighted by atomic mass is 9.89. The van der Waals surface area contributed by atoms with E-state index in [1.54, 1.807) is 24.5 Å². The summed E-state index contributed by atoms with van der Waals surface area (Å²) in [6.45, 7) is 13.6. The molecule has 13 N–H and O–H groups in total. The summed E-state index contributed by atoms with van der Waals surface area (Å²) >= 11 is 10.5. The van der Waals surface area contributed by atoms with Gasteiger partial charge in [-0.25, -0.2) is 38.7 Å². The molecule has 8 aromatic rings. The molecule has 0 unspecified atom stereocenters. The number of ketones is 2. The number of nitrogens with zero attached hydrogens (tertiary/aromatic N) is 7. The molecule has 4 aromatic heterocycles. The Kier molecular flexibility index (Phi) is 28.4. The molecule has 2 amide bonds. The number of phenolic OH excluding ortho intramolecular Hbond substituents is 4. The summed E-state index contributed by atoms with van der Waals surface area (Å²) in [4.78, 5) is 121. The zero-order valence-corrected chi connectivity index (χ0v) is 64.0. The van der Waals surface area contributed by atoms with Gasteiger partial charge in [-0.1, -0.05) is 83.8 Å². The number of thioether (sulfide) groups is 2. The third-order valence-corrected chi connectivity index (χ3v) is 21.1. The Balaban J connectivity index is 0.000000197. The zero-order valence-electron chi connectivity index (χ0n) is 58.3. The number of hydrogen-bond acceptors (Lipinski definition) is 24. The van der Waals surface area contributed by atoms with Crippen molar-refractivity contribution in [3.05, 3.63) is 177 Å². The molecule has 0 bridgehead atoms. The van der Waals surface area contributed by atoms with Gasteiger partial charge in [0.25, 0.3) is 0 Å². The first kappa shape index (κ1) is 83.1. The summed E-state index contributed by atoms with van der Waals surface area (Å²) in [6.07, 6.45) is 7.96. The highest BCUT2D eigenvalue weighted by atomic mass is 79.9. The van der Waals surface area contributed by atoms with Crippen molar-refractivity contribution in [3.63, 3.8) is 0 Å². The lowest BCUT2D eigenvalue weighted by Gasteiger charge is -2.49. The molecule has 2 fully saturated rings. The molecular weight excluding hydrogens is 1540 g/mol. The number of rotatable bonds is 21. The van der Waals surface area contributed by atoms with Gasteiger partial charge in [0.1, 0.15) is 22.8 Å². The van der Waals surface area contributed by atoms with Gasteiger partial charge >= 0.3 is 23.9 Å². The highest BCUT2D eigenvalue weighted by Gasteiger charge is 2.55. The van der Waals surface area contributed by atoms with Crippen molar-refractivity contribution in [2.24, 2.45) is 22.1 Å². The van der Waals surface area contributed by atoms with Crippen molar-refractivity contribution in [3.8, 4) is 23.0 Å². The molecule has 8 heterocycles. The average molecular weight is 1610 g/mol. The number of aromatic hydroxyl groups is 4. The van der Waals surface area contributed by atoms with E-state index in [9.17, 15) is 69.0 Å². The number of pyridine rings is 2. The maximum Gasteiger partial charge on any atom is 0.352 e. The van der Waals surface area contributed by atoms with Gasteiger partial charge in [0, 0.05) is 69.5 Å². The molecule has 4 aliphatic heterocycles. The number of aromatic amines is 1. The number of benzene rings is 4. The quantitative estimate of drug-likeness (QED) is 0.00883. The monoisotopic (exact) mass is 1610 g/mol. The molecule has 0 aliphatic carbocycles. The van der Waals surface area contributed by atoms with Crippen LogP contribution in [0.5, 0.6) is 23.0 Å². The van der Waals surface area contributed by atoms with Gasteiger partial charge in [-0.3, -0.25) is 29.0 Å². The molecule has 34 heteroatoms. The number of carboxylic acid groups (broad SMARTS) is 4. The number of nitrogens with one attached hydrogen (secondary N) is 1. The van der Waals surface area contributed by atoms with Gasteiger partial charge < -0.3 is 79.0 Å². The second-order valence-corrected chi connectivity index (χ2v) is 29.4. The van der Waals surface area contributed by atoms with Crippen LogP contribution in [-0.2, 0) is 60.5 Å². The number of oxime groups is 2. The standard InChI is InChI=1S/2C19H22N4O7S2.C17H15NO2.C9H7NO2.C8H9Cl.BrH/c2*1-4-8-6-31-15-9(14(25)23(15)13(8)16(26)27)5-11(24)12(10-7-32-18(20)21-10)22-30-19(2,3)17(28)29;1-12-2-4-13(5-3-12)10-18-7-6-14-8-16(19)17(20)9-15(14)11-18;11-8-3-6-1-2-10-5-7(6)4-9(8)12;1-7-2-4-8(6-9)5-3-7;/h2*7,9,15H,4-6H2,1-3H3,(H2,20,21)(H,26,27)(H,28,29);2-9,11,20H,10H2,1H3;1-5,11-12H;2-5H,6H2,1H3;1H/p+1/b2*22-12-;;;;/t2*9-,15-;;;;/m11..../s1. The van der Waals surface area contributed by atoms with E-state index in [0.29, 0.717) is 41.4 Å². The molecule has 12 rings (SSSR count). The van der Waals surface area contributed by atoms with Crippen LogP contribution >= 0.6 is 57.8 Å². The fourth-order valence-corrected chi connectivity index (χ4v) is 14.8. The number of carbonyl (C=O) groups excluding carboxylic acids is 4. The number of hydrogen-bond donors (Lipinski definition) is 10. The number of alkyl halides is 1. The molecular formula is C72H77BrClN10O18S4+. The van der Waals surface area contributed by atoms with E-state index in [1.807, 2.05) is 50.5 Å². The number of aryl methyl sites for hydroxylation is 2. The molecule has 560 valence electrons. The number of halogens is 2. The minimum Gasteiger partial charge on any atom is -1.00 e. The minimum absolute atomic E-state index is 0.